The van der Waals surface area contributed by atoms with Crippen molar-refractivity contribution in [1.82, 2.24) is 9.47 Å². The van der Waals surface area contributed by atoms with Crippen LogP contribution in [0.4, 0.5) is 0 Å². The van der Waals surface area contributed by atoms with Crippen LogP contribution < -0.4 is 5.43 Å². The first kappa shape index (κ1) is 16.6. The first-order valence-corrected chi connectivity index (χ1v) is 9.07. The van der Waals surface area contributed by atoms with Gasteiger partial charge in [-0.1, -0.05) is 36.4 Å². The van der Waals surface area contributed by atoms with E-state index in [1.54, 1.807) is 12.3 Å². The molecule has 2 aromatic carbocycles. The molecule has 1 aromatic heterocycles. The fraction of sp³-hybridized carbons (Fsp3) is 0.273. The Labute approximate surface area is 152 Å². The Morgan fingerprint density at radius 1 is 1.12 bits per heavy atom. The zero-order chi connectivity index (χ0) is 18.1. The van der Waals surface area contributed by atoms with E-state index in [2.05, 4.69) is 18.2 Å². The summed E-state index contributed by atoms with van der Waals surface area (Å²) in [4.78, 5) is 26.9. The van der Waals surface area contributed by atoms with E-state index in [0.29, 0.717) is 5.39 Å². The number of carbonyl (C=O) groups is 1. The Morgan fingerprint density at radius 3 is 2.77 bits per heavy atom. The van der Waals surface area contributed by atoms with Crippen LogP contribution in [0.1, 0.15) is 30.0 Å². The molecule has 1 aliphatic rings. The highest BCUT2D eigenvalue weighted by molar-refractivity contribution is 5.82. The van der Waals surface area contributed by atoms with Gasteiger partial charge >= 0.3 is 0 Å². The van der Waals surface area contributed by atoms with Crippen molar-refractivity contribution >= 4 is 16.8 Å². The molecule has 0 fully saturated rings. The summed E-state index contributed by atoms with van der Waals surface area (Å²) in [5, 5.41) is 0.647. The Bertz CT molecular complexity index is 1020. The Hall–Kier alpha value is -2.88. The summed E-state index contributed by atoms with van der Waals surface area (Å²) in [6.07, 6.45) is 4.88. The van der Waals surface area contributed by atoms with Crippen LogP contribution in [0.25, 0.3) is 10.9 Å². The van der Waals surface area contributed by atoms with Gasteiger partial charge in [-0.05, 0) is 42.5 Å². The van der Waals surface area contributed by atoms with Gasteiger partial charge in [0.1, 0.15) is 6.54 Å². The highest BCUT2D eigenvalue weighted by atomic mass is 16.2. The molecule has 1 heterocycles. The number of amides is 1. The van der Waals surface area contributed by atoms with Gasteiger partial charge in [-0.15, -0.1) is 0 Å². The lowest BCUT2D eigenvalue weighted by atomic mass is 9.87. The van der Waals surface area contributed by atoms with Crippen molar-refractivity contribution in [3.8, 4) is 0 Å². The summed E-state index contributed by atoms with van der Waals surface area (Å²) in [5.74, 6) is 0.0560. The van der Waals surface area contributed by atoms with Gasteiger partial charge in [0, 0.05) is 24.7 Å². The molecule has 132 valence electrons. The maximum Gasteiger partial charge on any atom is 0.242 e. The summed E-state index contributed by atoms with van der Waals surface area (Å²) in [6, 6.07) is 17.5. The van der Waals surface area contributed by atoms with Crippen molar-refractivity contribution in [1.29, 1.82) is 0 Å². The van der Waals surface area contributed by atoms with Gasteiger partial charge in [0.05, 0.1) is 11.6 Å². The molecule has 3 aromatic rings. The Morgan fingerprint density at radius 2 is 1.88 bits per heavy atom. The minimum atomic E-state index is -0.0149. The quantitative estimate of drug-likeness (QED) is 0.728. The standard InChI is InChI=1S/C22H22N2O2/c1-23(19-12-6-8-16-7-2-3-9-17(16)19)22(26)15-24-14-13-21(25)18-10-4-5-11-20(18)24/h2-5,7,9-11,13-14,19H,6,8,12,15H2,1H3/t19-/m0/s1. The smallest absolute Gasteiger partial charge is 0.242 e. The Balaban J connectivity index is 1.62. The fourth-order valence-electron chi connectivity index (χ4n) is 3.96. The number of hydrogen-bond acceptors (Lipinski definition) is 2. The van der Waals surface area contributed by atoms with Crippen molar-refractivity contribution in [2.75, 3.05) is 7.05 Å². The van der Waals surface area contributed by atoms with Crippen LogP contribution >= 0.6 is 0 Å². The minimum Gasteiger partial charge on any atom is -0.338 e. The first-order valence-electron chi connectivity index (χ1n) is 9.07. The number of rotatable bonds is 3. The van der Waals surface area contributed by atoms with E-state index in [1.165, 1.54) is 17.2 Å². The number of aromatic nitrogens is 1. The molecule has 0 saturated carbocycles. The molecule has 26 heavy (non-hydrogen) atoms. The highest BCUT2D eigenvalue weighted by Crippen LogP contribution is 2.33. The van der Waals surface area contributed by atoms with Crippen LogP contribution in [0.5, 0.6) is 0 Å². The third-order valence-corrected chi connectivity index (χ3v) is 5.39. The van der Waals surface area contributed by atoms with Crippen molar-refractivity contribution in [3.63, 3.8) is 0 Å². The lowest BCUT2D eigenvalue weighted by Crippen LogP contribution is -2.35. The lowest BCUT2D eigenvalue weighted by molar-refractivity contribution is -0.133. The van der Waals surface area contributed by atoms with Gasteiger partial charge < -0.3 is 9.47 Å². The topological polar surface area (TPSA) is 42.3 Å². The van der Waals surface area contributed by atoms with Crippen LogP contribution in [0.15, 0.2) is 65.6 Å². The summed E-state index contributed by atoms with van der Waals surface area (Å²) < 4.78 is 1.87. The molecule has 1 aliphatic carbocycles. The largest absolute Gasteiger partial charge is 0.338 e. The number of aryl methyl sites for hydroxylation is 1. The second-order valence-electron chi connectivity index (χ2n) is 6.94. The first-order chi connectivity index (χ1) is 12.6. The van der Waals surface area contributed by atoms with E-state index < -0.39 is 0 Å². The monoisotopic (exact) mass is 346 g/mol. The molecule has 0 bridgehead atoms. The number of hydrogen-bond donors (Lipinski definition) is 0. The van der Waals surface area contributed by atoms with Crippen LogP contribution in [-0.4, -0.2) is 22.4 Å². The molecule has 0 radical (unpaired) electrons. The number of likely N-dealkylation sites (N-methyl/N-ethyl adjacent to an activating group) is 1. The molecule has 1 atom stereocenters. The molecular formula is C22H22N2O2. The number of fused-ring (bicyclic) bond motifs is 2. The van der Waals surface area contributed by atoms with E-state index in [1.807, 2.05) is 40.8 Å². The molecule has 4 heteroatoms. The number of pyridine rings is 1. The highest BCUT2D eigenvalue weighted by Gasteiger charge is 2.26. The van der Waals surface area contributed by atoms with Gasteiger partial charge in [-0.25, -0.2) is 0 Å². The Kier molecular flexibility index (Phi) is 4.33. The van der Waals surface area contributed by atoms with E-state index in [4.69, 9.17) is 0 Å². The molecule has 0 saturated heterocycles. The zero-order valence-corrected chi connectivity index (χ0v) is 14.9. The zero-order valence-electron chi connectivity index (χ0n) is 14.9. The number of carbonyl (C=O) groups excluding carboxylic acids is 1. The van der Waals surface area contributed by atoms with Gasteiger partial charge in [-0.2, -0.15) is 0 Å². The van der Waals surface area contributed by atoms with Crippen molar-refractivity contribution < 1.29 is 4.79 Å². The molecule has 0 aliphatic heterocycles. The molecule has 4 rings (SSSR count). The van der Waals surface area contributed by atoms with Crippen LogP contribution in [0.2, 0.25) is 0 Å². The minimum absolute atomic E-state index is 0.0149. The van der Waals surface area contributed by atoms with Gasteiger partial charge in [0.25, 0.3) is 0 Å². The average molecular weight is 346 g/mol. The van der Waals surface area contributed by atoms with E-state index >= 15 is 0 Å². The van der Waals surface area contributed by atoms with Crippen molar-refractivity contribution in [3.05, 3.63) is 82.1 Å². The van der Waals surface area contributed by atoms with Crippen LogP contribution in [0.3, 0.4) is 0 Å². The van der Waals surface area contributed by atoms with Gasteiger partial charge in [-0.3, -0.25) is 9.59 Å². The third-order valence-electron chi connectivity index (χ3n) is 5.39. The normalized spacial score (nSPS) is 16.3. The molecule has 4 nitrogen and oxygen atoms in total. The molecular weight excluding hydrogens is 324 g/mol. The summed E-state index contributed by atoms with van der Waals surface area (Å²) in [5.41, 5.74) is 3.39. The number of para-hydroxylation sites is 1. The molecule has 0 N–H and O–H groups in total. The molecule has 1 amide bonds. The van der Waals surface area contributed by atoms with E-state index in [9.17, 15) is 9.59 Å². The summed E-state index contributed by atoms with van der Waals surface area (Å²) in [7, 11) is 1.89. The molecule has 0 spiro atoms. The lowest BCUT2D eigenvalue weighted by Gasteiger charge is -2.33. The van der Waals surface area contributed by atoms with Crippen LogP contribution in [0, 0.1) is 0 Å². The second kappa shape index (κ2) is 6.79. The SMILES string of the molecule is CN(C(=O)Cn1ccc(=O)c2ccccc21)[C@H]1CCCc2ccccc21. The van der Waals surface area contributed by atoms with E-state index in [0.717, 1.165) is 24.8 Å². The average Bonchev–Trinajstić information content (AvgIpc) is 2.69. The predicted molar refractivity (Wildman–Crippen MR) is 103 cm³/mol. The van der Waals surface area contributed by atoms with Gasteiger partial charge in [0.2, 0.25) is 5.91 Å². The predicted octanol–water partition coefficient (Wildman–Crippen LogP) is 3.54. The third kappa shape index (κ3) is 2.92. The maximum absolute atomic E-state index is 13.0. The number of nitrogens with zero attached hydrogens (tertiary/aromatic N) is 2. The maximum atomic E-state index is 13.0. The van der Waals surface area contributed by atoms with Crippen LogP contribution in [-0.2, 0) is 17.8 Å². The molecule has 0 unspecified atom stereocenters. The number of benzene rings is 2. The van der Waals surface area contributed by atoms with Gasteiger partial charge in [0.15, 0.2) is 5.43 Å². The second-order valence-corrected chi connectivity index (χ2v) is 6.94. The van der Waals surface area contributed by atoms with Crippen molar-refractivity contribution in [2.45, 2.75) is 31.8 Å². The van der Waals surface area contributed by atoms with E-state index in [-0.39, 0.29) is 23.9 Å². The van der Waals surface area contributed by atoms with Crippen molar-refractivity contribution in [2.24, 2.45) is 0 Å². The summed E-state index contributed by atoms with van der Waals surface area (Å²) in [6.45, 7) is 0.232. The fourth-order valence-corrected chi connectivity index (χ4v) is 3.96. The summed E-state index contributed by atoms with van der Waals surface area (Å²) >= 11 is 0.